The van der Waals surface area contributed by atoms with Crippen molar-refractivity contribution in [3.05, 3.63) is 36.5 Å². The lowest BCUT2D eigenvalue weighted by molar-refractivity contribution is -0.679. The first kappa shape index (κ1) is 9.20. The molecule has 76 valence electrons. The van der Waals surface area contributed by atoms with Gasteiger partial charge in [-0.1, -0.05) is 27.9 Å². The second-order valence-corrected chi connectivity index (χ2v) is 2.78. The summed E-state index contributed by atoms with van der Waals surface area (Å²) in [5.41, 5.74) is 5.82. The van der Waals surface area contributed by atoms with E-state index in [0.29, 0.717) is 5.69 Å². The van der Waals surface area contributed by atoms with Gasteiger partial charge in [0.25, 0.3) is 11.9 Å². The smallest absolute Gasteiger partial charge is 0.299 e. The number of para-hydroxylation sites is 1. The molecule has 0 atom stereocenters. The fourth-order valence-electron chi connectivity index (χ4n) is 1.01. The fraction of sp³-hybridized carbons (Fsp3) is 0. The van der Waals surface area contributed by atoms with Crippen molar-refractivity contribution in [1.82, 2.24) is 5.27 Å². The summed E-state index contributed by atoms with van der Waals surface area (Å²) in [5.74, 6) is 0.0617. The van der Waals surface area contributed by atoms with E-state index in [0.717, 1.165) is 4.68 Å². The lowest BCUT2D eigenvalue weighted by atomic mass is 10.3. The first-order valence-electron chi connectivity index (χ1n) is 4.21. The van der Waals surface area contributed by atoms with Crippen LogP contribution >= 0.6 is 0 Å². The van der Waals surface area contributed by atoms with Crippen LogP contribution in [0.1, 0.15) is 0 Å². The molecule has 2 rings (SSSR count). The van der Waals surface area contributed by atoms with Crippen LogP contribution in [0.15, 0.2) is 46.0 Å². The summed E-state index contributed by atoms with van der Waals surface area (Å²) >= 11 is 0. The molecule has 0 saturated carbocycles. The highest BCUT2D eigenvalue weighted by atomic mass is 16.5. The van der Waals surface area contributed by atoms with Crippen LogP contribution in [-0.2, 0) is 0 Å². The van der Waals surface area contributed by atoms with Gasteiger partial charge in [0.15, 0.2) is 11.9 Å². The first-order valence-corrected chi connectivity index (χ1v) is 4.21. The highest BCUT2D eigenvalue weighted by molar-refractivity contribution is 5.63. The zero-order valence-corrected chi connectivity index (χ0v) is 7.70. The molecule has 1 heterocycles. The van der Waals surface area contributed by atoms with E-state index in [4.69, 9.17) is 5.73 Å². The van der Waals surface area contributed by atoms with Crippen LogP contribution in [0, 0.1) is 0 Å². The fourth-order valence-corrected chi connectivity index (χ4v) is 1.01. The van der Waals surface area contributed by atoms with Gasteiger partial charge < -0.3 is 15.4 Å². The molecule has 15 heavy (non-hydrogen) atoms. The monoisotopic (exact) mass is 204 g/mol. The molecule has 0 aliphatic rings. The predicted molar refractivity (Wildman–Crippen MR) is 50.0 cm³/mol. The highest BCUT2D eigenvalue weighted by Crippen LogP contribution is 2.08. The van der Waals surface area contributed by atoms with Crippen molar-refractivity contribution in [3.63, 3.8) is 0 Å². The second-order valence-electron chi connectivity index (χ2n) is 2.78. The minimum atomic E-state index is -0.554. The molecule has 2 N–H and O–H groups in total. The average Bonchev–Trinajstić information content (AvgIpc) is 2.66. The van der Waals surface area contributed by atoms with E-state index in [9.17, 15) is 5.11 Å². The van der Waals surface area contributed by atoms with E-state index in [1.807, 2.05) is 6.07 Å². The molecule has 0 fully saturated rings. The predicted octanol–water partition coefficient (Wildman–Crippen LogP) is -0.560. The van der Waals surface area contributed by atoms with E-state index >= 15 is 0 Å². The van der Waals surface area contributed by atoms with Crippen LogP contribution in [0.5, 0.6) is 0 Å². The number of anilines is 1. The van der Waals surface area contributed by atoms with Crippen LogP contribution in [0.4, 0.5) is 11.6 Å². The summed E-state index contributed by atoms with van der Waals surface area (Å²) in [6.45, 7) is 0. The van der Waals surface area contributed by atoms with Crippen molar-refractivity contribution < 1.29 is 14.3 Å². The Balaban J connectivity index is 2.28. The normalized spacial score (nSPS) is 11.6. The van der Waals surface area contributed by atoms with Crippen molar-refractivity contribution in [2.75, 3.05) is 5.73 Å². The van der Waals surface area contributed by atoms with Gasteiger partial charge in [-0.3, -0.25) is 0 Å². The standard InChI is InChI=1S/C9H8N4O2/c10-8-6-13(12-15-8)9(14)11-7-4-2-1-3-5-7/h1-6H,(H2-,10,11,12,14). The molecule has 6 nitrogen and oxygen atoms in total. The SMILES string of the molecule is Nc1c[n+](C([O-])=Nc2ccccc2)no1. The summed E-state index contributed by atoms with van der Waals surface area (Å²) in [4.78, 5) is 3.79. The number of hydrogen-bond acceptors (Lipinski definition) is 5. The van der Waals surface area contributed by atoms with Crippen molar-refractivity contribution in [2.24, 2.45) is 4.99 Å². The summed E-state index contributed by atoms with van der Waals surface area (Å²) in [7, 11) is 0. The summed E-state index contributed by atoms with van der Waals surface area (Å²) in [5, 5.41) is 14.8. The molecular formula is C9H8N4O2. The molecule has 0 bridgehead atoms. The minimum Gasteiger partial charge on any atom is -0.805 e. The topological polar surface area (TPSA) is 91.3 Å². The maximum absolute atomic E-state index is 11.4. The molecule has 0 aliphatic carbocycles. The number of aliphatic imine (C=N–C) groups is 1. The molecule has 1 aromatic carbocycles. The highest BCUT2D eigenvalue weighted by Gasteiger charge is 2.07. The maximum Gasteiger partial charge on any atom is 0.299 e. The van der Waals surface area contributed by atoms with Crippen molar-refractivity contribution in [3.8, 4) is 0 Å². The summed E-state index contributed by atoms with van der Waals surface area (Å²) < 4.78 is 5.47. The Morgan fingerprint density at radius 2 is 2.13 bits per heavy atom. The maximum atomic E-state index is 11.4. The van der Waals surface area contributed by atoms with E-state index in [2.05, 4.69) is 14.8 Å². The van der Waals surface area contributed by atoms with Crippen LogP contribution in [0.3, 0.4) is 0 Å². The van der Waals surface area contributed by atoms with Crippen LogP contribution in [0.25, 0.3) is 0 Å². The largest absolute Gasteiger partial charge is 0.805 e. The molecule has 0 unspecified atom stereocenters. The van der Waals surface area contributed by atoms with Gasteiger partial charge in [0.05, 0.1) is 0 Å². The Morgan fingerprint density at radius 3 is 2.73 bits per heavy atom. The number of aromatic nitrogens is 2. The lowest BCUT2D eigenvalue weighted by Gasteiger charge is -1.94. The Labute approximate surface area is 85.2 Å². The van der Waals surface area contributed by atoms with E-state index < -0.39 is 6.02 Å². The molecular weight excluding hydrogens is 196 g/mol. The van der Waals surface area contributed by atoms with Gasteiger partial charge in [-0.05, 0) is 12.1 Å². The van der Waals surface area contributed by atoms with E-state index in [1.165, 1.54) is 6.20 Å². The molecule has 0 spiro atoms. The molecule has 6 heteroatoms. The zero-order chi connectivity index (χ0) is 10.7. The van der Waals surface area contributed by atoms with Crippen LogP contribution in [0.2, 0.25) is 0 Å². The van der Waals surface area contributed by atoms with Crippen molar-refractivity contribution in [1.29, 1.82) is 0 Å². The Hall–Kier alpha value is -2.37. The third-order valence-corrected chi connectivity index (χ3v) is 1.66. The number of hydrogen-bond donors (Lipinski definition) is 1. The number of nitrogens with zero attached hydrogens (tertiary/aromatic N) is 3. The molecule has 1 aromatic heterocycles. The molecule has 0 radical (unpaired) electrons. The third kappa shape index (κ3) is 2.11. The number of benzene rings is 1. The summed E-state index contributed by atoms with van der Waals surface area (Å²) in [6.07, 6.45) is 1.26. The minimum absolute atomic E-state index is 0.0617. The summed E-state index contributed by atoms with van der Waals surface area (Å²) in [6, 6.07) is 8.28. The molecule has 2 aromatic rings. The Morgan fingerprint density at radius 1 is 1.40 bits per heavy atom. The molecule has 0 amide bonds. The first-order chi connectivity index (χ1) is 7.25. The van der Waals surface area contributed by atoms with Crippen LogP contribution < -0.4 is 15.5 Å². The Bertz CT molecular complexity index is 478. The number of rotatable bonds is 1. The van der Waals surface area contributed by atoms with Gasteiger partial charge in [-0.2, -0.15) is 0 Å². The zero-order valence-electron chi connectivity index (χ0n) is 7.70. The van der Waals surface area contributed by atoms with E-state index in [1.54, 1.807) is 24.3 Å². The number of nitrogen functional groups attached to an aromatic ring is 1. The van der Waals surface area contributed by atoms with Gasteiger partial charge in [0.2, 0.25) is 0 Å². The number of nitrogens with two attached hydrogens (primary N) is 1. The second kappa shape index (κ2) is 3.79. The van der Waals surface area contributed by atoms with E-state index in [-0.39, 0.29) is 5.88 Å². The van der Waals surface area contributed by atoms with Gasteiger partial charge in [0, 0.05) is 0 Å². The lowest BCUT2D eigenvalue weighted by Crippen LogP contribution is -2.51. The Kier molecular flexibility index (Phi) is 2.32. The third-order valence-electron chi connectivity index (χ3n) is 1.66. The van der Waals surface area contributed by atoms with Gasteiger partial charge in [-0.25, -0.2) is 0 Å². The quantitative estimate of drug-likeness (QED) is 0.383. The molecule has 0 aliphatic heterocycles. The van der Waals surface area contributed by atoms with Crippen molar-refractivity contribution >= 4 is 17.6 Å². The van der Waals surface area contributed by atoms with Gasteiger partial charge >= 0.3 is 0 Å². The molecule has 0 saturated heterocycles. The van der Waals surface area contributed by atoms with Gasteiger partial charge in [0.1, 0.15) is 5.27 Å². The van der Waals surface area contributed by atoms with Crippen LogP contribution in [-0.4, -0.2) is 11.3 Å². The average molecular weight is 204 g/mol. The van der Waals surface area contributed by atoms with Gasteiger partial charge in [-0.15, -0.1) is 0 Å². The van der Waals surface area contributed by atoms with Crippen molar-refractivity contribution in [2.45, 2.75) is 0 Å².